The summed E-state index contributed by atoms with van der Waals surface area (Å²) < 4.78 is 49.1. The predicted molar refractivity (Wildman–Crippen MR) is 233 cm³/mol. The van der Waals surface area contributed by atoms with Gasteiger partial charge in [-0.05, 0) is 68.7 Å². The zero-order chi connectivity index (χ0) is 43.7. The van der Waals surface area contributed by atoms with Crippen molar-refractivity contribution in [2.24, 2.45) is 4.99 Å². The highest BCUT2D eigenvalue weighted by molar-refractivity contribution is 7.44. The normalized spacial score (nSPS) is 18.7. The van der Waals surface area contributed by atoms with E-state index in [0.29, 0.717) is 11.5 Å². The van der Waals surface area contributed by atoms with Gasteiger partial charge in [-0.15, -0.1) is 0 Å². The van der Waals surface area contributed by atoms with Gasteiger partial charge < -0.3 is 37.6 Å². The first-order chi connectivity index (χ1) is 29.4. The second kappa shape index (κ2) is 20.5. The Morgan fingerprint density at radius 3 is 2.08 bits per heavy atom. The maximum atomic E-state index is 13.3. The van der Waals surface area contributed by atoms with Gasteiger partial charge in [0.15, 0.2) is 17.4 Å². The number of aromatic nitrogens is 4. The van der Waals surface area contributed by atoms with Crippen LogP contribution in [0.4, 0.5) is 5.95 Å². The number of H-pyrrole nitrogens is 1. The van der Waals surface area contributed by atoms with Gasteiger partial charge in [-0.25, -0.2) is 14.6 Å². The number of benzene rings is 3. The molecule has 3 heterocycles. The van der Waals surface area contributed by atoms with Crippen LogP contribution in [0.2, 0.25) is 0 Å². The number of imidazole rings is 1. The number of nitrogens with one attached hydrogen (secondary N) is 1. The molecule has 5 aromatic rings. The molecule has 1 aliphatic rings. The molecule has 0 spiro atoms. The zero-order valence-corrected chi connectivity index (χ0v) is 37.0. The van der Waals surface area contributed by atoms with Crippen LogP contribution in [-0.2, 0) is 28.9 Å². The lowest BCUT2D eigenvalue weighted by Crippen LogP contribution is -2.42. The van der Waals surface area contributed by atoms with Crippen LogP contribution in [0.25, 0.3) is 11.2 Å². The molecule has 0 saturated carbocycles. The highest BCUT2D eigenvalue weighted by atomic mass is 31.2. The van der Waals surface area contributed by atoms with Crippen molar-refractivity contribution in [3.63, 3.8) is 0 Å². The van der Waals surface area contributed by atoms with Crippen LogP contribution in [0, 0.1) is 11.3 Å². The number of hydrogen-bond donors (Lipinski definition) is 1. The molecule has 3 aromatic carbocycles. The van der Waals surface area contributed by atoms with Crippen LogP contribution in [-0.4, -0.2) is 114 Å². The molecule has 16 nitrogen and oxygen atoms in total. The van der Waals surface area contributed by atoms with Gasteiger partial charge in [0.2, 0.25) is 5.95 Å². The molecule has 17 heteroatoms. The molecule has 5 atom stereocenters. The van der Waals surface area contributed by atoms with E-state index in [0.717, 1.165) is 16.7 Å². The van der Waals surface area contributed by atoms with Crippen molar-refractivity contribution in [2.45, 2.75) is 76.3 Å². The number of rotatable bonds is 20. The number of ether oxygens (including phenoxy) is 5. The van der Waals surface area contributed by atoms with Crippen molar-refractivity contribution in [3.8, 4) is 17.6 Å². The molecule has 0 bridgehead atoms. The summed E-state index contributed by atoms with van der Waals surface area (Å²) in [6.45, 7) is 8.44. The van der Waals surface area contributed by atoms with Crippen LogP contribution in [0.5, 0.6) is 11.5 Å². The Hall–Kier alpha value is -5.24. The molecule has 6 rings (SSSR count). The van der Waals surface area contributed by atoms with E-state index >= 15 is 0 Å². The lowest BCUT2D eigenvalue weighted by atomic mass is 9.80. The van der Waals surface area contributed by atoms with E-state index < -0.39 is 44.2 Å². The Bertz CT molecular complexity index is 2240. The number of fused-ring (bicyclic) bond motifs is 1. The fraction of sp³-hybridized carbons (Fsp3) is 0.432. The third-order valence-electron chi connectivity index (χ3n) is 10.2. The summed E-state index contributed by atoms with van der Waals surface area (Å²) in [7, 11) is 6.69. The molecule has 324 valence electrons. The van der Waals surface area contributed by atoms with Crippen LogP contribution in [0.3, 0.4) is 0 Å². The van der Waals surface area contributed by atoms with Crippen molar-refractivity contribution in [2.75, 3.05) is 48.6 Å². The third kappa shape index (κ3) is 9.95. The quantitative estimate of drug-likeness (QED) is 0.0281. The Morgan fingerprint density at radius 2 is 1.54 bits per heavy atom. The van der Waals surface area contributed by atoms with Crippen molar-refractivity contribution < 1.29 is 32.7 Å². The molecule has 5 unspecified atom stereocenters. The molecule has 0 amide bonds. The fourth-order valence-electron chi connectivity index (χ4n) is 7.46. The summed E-state index contributed by atoms with van der Waals surface area (Å²) in [4.78, 5) is 31.2. The topological polar surface area (TPSA) is 171 Å². The van der Waals surface area contributed by atoms with E-state index in [4.69, 9.17) is 32.7 Å². The first-order valence-electron chi connectivity index (χ1n) is 20.0. The van der Waals surface area contributed by atoms with E-state index in [9.17, 15) is 10.1 Å². The molecular weight excluding hydrogens is 800 g/mol. The molecule has 61 heavy (non-hydrogen) atoms. The number of nitrogens with zero attached hydrogens (tertiary/aromatic N) is 7. The monoisotopic (exact) mass is 854 g/mol. The molecule has 1 N–H and O–H groups in total. The van der Waals surface area contributed by atoms with Crippen molar-refractivity contribution in [3.05, 3.63) is 112 Å². The Labute approximate surface area is 358 Å². The largest absolute Gasteiger partial charge is 0.497 e. The summed E-state index contributed by atoms with van der Waals surface area (Å²) in [5.74, 6) is 1.48. The van der Waals surface area contributed by atoms with Gasteiger partial charge in [0.1, 0.15) is 35.4 Å². The Balaban J connectivity index is 1.50. The minimum Gasteiger partial charge on any atom is -0.497 e. The molecule has 1 saturated heterocycles. The lowest BCUT2D eigenvalue weighted by molar-refractivity contribution is -0.0938. The van der Waals surface area contributed by atoms with Gasteiger partial charge in [-0.2, -0.15) is 10.2 Å². The smallest absolute Gasteiger partial charge is 0.280 e. The standard InChI is InChI=1S/C44H55N8O8P/c1-29(2)52(30(3)4)61(58-25-13-24-45)60-38-36(59-42(39(38)56-9)51-28-46-37-40(51)48-43(49-41(37)53)47-27-50(5)6)26-57-44(31-14-11-10-12-15-31,32-16-20-34(54-7)21-17-32)33-18-22-35(55-8)23-19-33/h10-12,14-23,27-30,36,38-39,42H,13,25-26H2,1-9H3,(H,48,49,53)/b47-27+. The summed E-state index contributed by atoms with van der Waals surface area (Å²) in [5, 5.41) is 9.46. The molecule has 0 aliphatic carbocycles. The van der Waals surface area contributed by atoms with E-state index in [1.165, 1.54) is 6.33 Å². The first kappa shape index (κ1) is 45.3. The number of hydrogen-bond acceptors (Lipinski definition) is 13. The first-order valence-corrected chi connectivity index (χ1v) is 21.2. The summed E-state index contributed by atoms with van der Waals surface area (Å²) in [6.07, 6.45) is -0.0727. The van der Waals surface area contributed by atoms with E-state index in [1.54, 1.807) is 37.1 Å². The summed E-state index contributed by atoms with van der Waals surface area (Å²) in [5.41, 5.74) is 1.25. The van der Waals surface area contributed by atoms with Gasteiger partial charge in [0, 0.05) is 33.3 Å². The summed E-state index contributed by atoms with van der Waals surface area (Å²) >= 11 is 0. The van der Waals surface area contributed by atoms with Gasteiger partial charge >= 0.3 is 0 Å². The van der Waals surface area contributed by atoms with Crippen molar-refractivity contribution in [1.82, 2.24) is 29.1 Å². The van der Waals surface area contributed by atoms with Crippen LogP contribution < -0.4 is 15.0 Å². The average molecular weight is 855 g/mol. The zero-order valence-electron chi connectivity index (χ0n) is 36.1. The van der Waals surface area contributed by atoms with Crippen molar-refractivity contribution in [1.29, 1.82) is 5.26 Å². The second-order valence-corrected chi connectivity index (χ2v) is 16.5. The number of nitriles is 1. The second-order valence-electron chi connectivity index (χ2n) is 15.1. The van der Waals surface area contributed by atoms with E-state index in [-0.39, 0.29) is 48.8 Å². The van der Waals surface area contributed by atoms with Crippen LogP contribution >= 0.6 is 8.53 Å². The minimum absolute atomic E-state index is 0.0161. The number of aliphatic imine (C=N–C) groups is 1. The average Bonchev–Trinajstić information content (AvgIpc) is 3.84. The van der Waals surface area contributed by atoms with Gasteiger partial charge in [-0.3, -0.25) is 14.3 Å². The molecule has 2 aromatic heterocycles. The van der Waals surface area contributed by atoms with Crippen LogP contribution in [0.1, 0.15) is 57.0 Å². The fourth-order valence-corrected chi connectivity index (χ4v) is 9.22. The molecule has 0 radical (unpaired) electrons. The maximum absolute atomic E-state index is 13.3. The van der Waals surface area contributed by atoms with Gasteiger partial charge in [-0.1, -0.05) is 54.6 Å². The highest BCUT2D eigenvalue weighted by Gasteiger charge is 2.51. The number of methoxy groups -OCH3 is 3. The Kier molecular flexibility index (Phi) is 15.3. The van der Waals surface area contributed by atoms with E-state index in [2.05, 4.69) is 58.4 Å². The third-order valence-corrected chi connectivity index (χ3v) is 12.3. The summed E-state index contributed by atoms with van der Waals surface area (Å²) in [6, 6.07) is 27.8. The van der Waals surface area contributed by atoms with Crippen molar-refractivity contribution >= 4 is 32.0 Å². The molecular formula is C44H55N8O8P. The van der Waals surface area contributed by atoms with Gasteiger partial charge in [0.05, 0.1) is 52.6 Å². The highest BCUT2D eigenvalue weighted by Crippen LogP contribution is 2.51. The Morgan fingerprint density at radius 1 is 0.934 bits per heavy atom. The minimum atomic E-state index is -1.78. The lowest BCUT2D eigenvalue weighted by Gasteiger charge is -2.39. The van der Waals surface area contributed by atoms with Crippen LogP contribution in [0.15, 0.2) is 95.0 Å². The maximum Gasteiger partial charge on any atom is 0.280 e. The molecule has 1 fully saturated rings. The SMILES string of the molecule is COc1ccc(C(OCC2OC(n3cnc4c(=O)[nH]c(/N=C/N(C)C)nc43)C(OC)C2OP(OCCC#N)N(C(C)C)C(C)C)(c2ccccc2)c2ccc(OC)cc2)cc1. The predicted octanol–water partition coefficient (Wildman–Crippen LogP) is 6.94. The number of aromatic amines is 1. The molecule has 1 aliphatic heterocycles. The van der Waals surface area contributed by atoms with E-state index in [1.807, 2.05) is 93.0 Å². The van der Waals surface area contributed by atoms with Gasteiger partial charge in [0.25, 0.3) is 14.1 Å².